The van der Waals surface area contributed by atoms with Gasteiger partial charge in [0.05, 0.1) is 10.2 Å². The molecular weight excluding hydrogens is 268 g/mol. The van der Waals surface area contributed by atoms with Crippen LogP contribution in [0.1, 0.15) is 37.8 Å². The molecule has 0 bridgehead atoms. The molecule has 0 spiro atoms. The number of pyridine rings is 1. The fourth-order valence-corrected chi connectivity index (χ4v) is 3.03. The van der Waals surface area contributed by atoms with Crippen molar-refractivity contribution >= 4 is 21.6 Å². The van der Waals surface area contributed by atoms with Crippen LogP contribution >= 0.6 is 11.3 Å². The lowest BCUT2D eigenvalue weighted by Crippen LogP contribution is -2.21. The van der Waals surface area contributed by atoms with E-state index in [4.69, 9.17) is 4.74 Å². The van der Waals surface area contributed by atoms with Gasteiger partial charge in [0.25, 0.3) is 0 Å². The molecule has 0 aliphatic heterocycles. The first-order valence-corrected chi connectivity index (χ1v) is 8.35. The number of hydrogen-bond donors (Lipinski definition) is 1. The van der Waals surface area contributed by atoms with Crippen molar-refractivity contribution in [1.29, 1.82) is 0 Å². The predicted octanol–water partition coefficient (Wildman–Crippen LogP) is 3.76. The van der Waals surface area contributed by atoms with E-state index in [0.717, 1.165) is 37.6 Å². The Kier molecular flexibility index (Phi) is 4.65. The zero-order valence-corrected chi connectivity index (χ0v) is 12.8. The first-order chi connectivity index (χ1) is 9.83. The van der Waals surface area contributed by atoms with Gasteiger partial charge >= 0.3 is 0 Å². The molecule has 2 aromatic rings. The van der Waals surface area contributed by atoms with E-state index in [1.165, 1.54) is 23.1 Å². The van der Waals surface area contributed by atoms with Crippen molar-refractivity contribution in [3.8, 4) is 0 Å². The van der Waals surface area contributed by atoms with Gasteiger partial charge in [-0.15, -0.1) is 11.3 Å². The molecule has 1 N–H and O–H groups in total. The number of fused-ring (bicyclic) bond motifs is 1. The Morgan fingerprint density at radius 3 is 3.25 bits per heavy atom. The first-order valence-electron chi connectivity index (χ1n) is 7.47. The third kappa shape index (κ3) is 3.78. The Hall–Kier alpha value is -0.970. The number of hydrogen-bond acceptors (Lipinski definition) is 4. The van der Waals surface area contributed by atoms with Crippen molar-refractivity contribution in [3.05, 3.63) is 29.3 Å². The standard InChI is InChI=1S/C16H22N2OS/c1-12(17-6-2-7-19-11-13-3-4-13)14-9-16-15(18-10-14)5-8-20-16/h5,8-10,12-13,17H,2-4,6-7,11H2,1H3. The van der Waals surface area contributed by atoms with Crippen LogP contribution in [0.5, 0.6) is 0 Å². The monoisotopic (exact) mass is 290 g/mol. The lowest BCUT2D eigenvalue weighted by Gasteiger charge is -2.14. The Bertz CT molecular complexity index is 550. The maximum atomic E-state index is 5.64. The summed E-state index contributed by atoms with van der Waals surface area (Å²) in [5, 5.41) is 5.64. The largest absolute Gasteiger partial charge is 0.381 e. The Labute approximate surface area is 124 Å². The third-order valence-electron chi connectivity index (χ3n) is 3.79. The van der Waals surface area contributed by atoms with E-state index < -0.39 is 0 Å². The SMILES string of the molecule is CC(NCCCOCC1CC1)c1cnc2ccsc2c1. The molecule has 2 aromatic heterocycles. The van der Waals surface area contributed by atoms with E-state index in [9.17, 15) is 0 Å². The van der Waals surface area contributed by atoms with E-state index in [2.05, 4.69) is 34.7 Å². The molecule has 0 aromatic carbocycles. The van der Waals surface area contributed by atoms with E-state index in [1.54, 1.807) is 11.3 Å². The number of thiophene rings is 1. The van der Waals surface area contributed by atoms with E-state index in [-0.39, 0.29) is 0 Å². The van der Waals surface area contributed by atoms with Gasteiger partial charge in [0.1, 0.15) is 0 Å². The second-order valence-corrected chi connectivity index (χ2v) is 6.57. The molecule has 0 amide bonds. The van der Waals surface area contributed by atoms with Crippen molar-refractivity contribution in [2.75, 3.05) is 19.8 Å². The second-order valence-electron chi connectivity index (χ2n) is 5.62. The lowest BCUT2D eigenvalue weighted by molar-refractivity contribution is 0.121. The van der Waals surface area contributed by atoms with Gasteiger partial charge in [0, 0.05) is 25.5 Å². The molecular formula is C16H22N2OS. The normalized spacial score (nSPS) is 16.6. The van der Waals surface area contributed by atoms with Crippen LogP contribution in [-0.4, -0.2) is 24.7 Å². The smallest absolute Gasteiger partial charge is 0.0809 e. The average Bonchev–Trinajstić information content (AvgIpc) is 3.17. The van der Waals surface area contributed by atoms with Crippen LogP contribution in [0.3, 0.4) is 0 Å². The molecule has 3 nitrogen and oxygen atoms in total. The highest BCUT2D eigenvalue weighted by molar-refractivity contribution is 7.17. The summed E-state index contributed by atoms with van der Waals surface area (Å²) in [6, 6.07) is 4.66. The molecule has 1 saturated carbocycles. The second kappa shape index (κ2) is 6.66. The Balaban J connectivity index is 1.39. The molecule has 3 rings (SSSR count). The van der Waals surface area contributed by atoms with Crippen molar-refractivity contribution in [2.24, 2.45) is 5.92 Å². The molecule has 4 heteroatoms. The average molecular weight is 290 g/mol. The summed E-state index contributed by atoms with van der Waals surface area (Å²) in [5.41, 5.74) is 2.36. The first kappa shape index (κ1) is 14.0. The van der Waals surface area contributed by atoms with Gasteiger partial charge in [-0.1, -0.05) is 0 Å². The maximum absolute atomic E-state index is 5.64. The van der Waals surface area contributed by atoms with E-state index >= 15 is 0 Å². The minimum absolute atomic E-state index is 0.345. The number of rotatable bonds is 8. The number of aromatic nitrogens is 1. The van der Waals surface area contributed by atoms with Gasteiger partial charge in [0.15, 0.2) is 0 Å². The molecule has 1 fully saturated rings. The summed E-state index contributed by atoms with van der Waals surface area (Å²) in [6.07, 6.45) is 5.79. The molecule has 1 unspecified atom stereocenters. The minimum Gasteiger partial charge on any atom is -0.381 e. The van der Waals surface area contributed by atoms with E-state index in [1.807, 2.05) is 6.20 Å². The molecule has 1 aliphatic rings. The molecule has 0 radical (unpaired) electrons. The highest BCUT2D eigenvalue weighted by Crippen LogP contribution is 2.28. The topological polar surface area (TPSA) is 34.1 Å². The van der Waals surface area contributed by atoms with Gasteiger partial charge in [-0.2, -0.15) is 0 Å². The van der Waals surface area contributed by atoms with E-state index in [0.29, 0.717) is 6.04 Å². The molecule has 2 heterocycles. The van der Waals surface area contributed by atoms with Gasteiger partial charge in [-0.25, -0.2) is 0 Å². The van der Waals surface area contributed by atoms with Gasteiger partial charge < -0.3 is 10.1 Å². The van der Waals surface area contributed by atoms with Gasteiger partial charge in [0.2, 0.25) is 0 Å². The Morgan fingerprint density at radius 2 is 2.40 bits per heavy atom. The van der Waals surface area contributed by atoms with Crippen LogP contribution < -0.4 is 5.32 Å². The van der Waals surface area contributed by atoms with Crippen molar-refractivity contribution < 1.29 is 4.74 Å². The summed E-state index contributed by atoms with van der Waals surface area (Å²) >= 11 is 1.75. The zero-order chi connectivity index (χ0) is 13.8. The summed E-state index contributed by atoms with van der Waals surface area (Å²) in [7, 11) is 0. The summed E-state index contributed by atoms with van der Waals surface area (Å²) in [4.78, 5) is 4.49. The summed E-state index contributed by atoms with van der Waals surface area (Å²) < 4.78 is 6.91. The van der Waals surface area contributed by atoms with Crippen LogP contribution in [0.15, 0.2) is 23.7 Å². The van der Waals surface area contributed by atoms with Crippen molar-refractivity contribution in [1.82, 2.24) is 10.3 Å². The van der Waals surface area contributed by atoms with Crippen LogP contribution in [0, 0.1) is 5.92 Å². The quantitative estimate of drug-likeness (QED) is 0.752. The van der Waals surface area contributed by atoms with Crippen LogP contribution in [0.2, 0.25) is 0 Å². The minimum atomic E-state index is 0.345. The zero-order valence-electron chi connectivity index (χ0n) is 12.0. The number of ether oxygens (including phenoxy) is 1. The molecule has 1 aliphatic carbocycles. The highest BCUT2D eigenvalue weighted by Gasteiger charge is 2.20. The predicted molar refractivity (Wildman–Crippen MR) is 84.2 cm³/mol. The third-order valence-corrected chi connectivity index (χ3v) is 4.64. The molecule has 1 atom stereocenters. The van der Waals surface area contributed by atoms with Gasteiger partial charge in [-0.05, 0) is 61.7 Å². The van der Waals surface area contributed by atoms with Crippen molar-refractivity contribution in [3.63, 3.8) is 0 Å². The maximum Gasteiger partial charge on any atom is 0.0809 e. The number of nitrogens with zero attached hydrogens (tertiary/aromatic N) is 1. The fourth-order valence-electron chi connectivity index (χ4n) is 2.24. The Morgan fingerprint density at radius 1 is 1.50 bits per heavy atom. The summed E-state index contributed by atoms with van der Waals surface area (Å²) in [5.74, 6) is 0.866. The molecule has 108 valence electrons. The molecule has 0 saturated heterocycles. The van der Waals surface area contributed by atoms with Gasteiger partial charge in [-0.3, -0.25) is 4.98 Å². The fraction of sp³-hybridized carbons (Fsp3) is 0.562. The van der Waals surface area contributed by atoms with Crippen LogP contribution in [0.4, 0.5) is 0 Å². The van der Waals surface area contributed by atoms with Crippen LogP contribution in [-0.2, 0) is 4.74 Å². The van der Waals surface area contributed by atoms with Crippen molar-refractivity contribution in [2.45, 2.75) is 32.2 Å². The lowest BCUT2D eigenvalue weighted by atomic mass is 10.1. The highest BCUT2D eigenvalue weighted by atomic mass is 32.1. The summed E-state index contributed by atoms with van der Waals surface area (Å²) in [6.45, 7) is 5.03. The van der Waals surface area contributed by atoms with Crippen LogP contribution in [0.25, 0.3) is 10.2 Å². The number of nitrogens with one attached hydrogen (secondary N) is 1. The molecule has 20 heavy (non-hydrogen) atoms.